The van der Waals surface area contributed by atoms with Crippen molar-refractivity contribution in [1.82, 2.24) is 5.06 Å². The van der Waals surface area contributed by atoms with E-state index in [2.05, 4.69) is 45.0 Å². The topological polar surface area (TPSA) is 46.5 Å². The number of hydrogen-bond acceptors (Lipinski definition) is 3. The second-order valence-corrected chi connectivity index (χ2v) is 6.58. The second-order valence-electron chi connectivity index (χ2n) is 6.58. The molecule has 4 heteroatoms. The van der Waals surface area contributed by atoms with Crippen LogP contribution in [0.15, 0.2) is 24.3 Å². The molecule has 1 heterocycles. The second kappa shape index (κ2) is 5.21. The van der Waals surface area contributed by atoms with Gasteiger partial charge < -0.3 is 10.3 Å². The van der Waals surface area contributed by atoms with E-state index in [9.17, 15) is 10.4 Å². The Morgan fingerprint density at radius 1 is 1.16 bits per heavy atom. The summed E-state index contributed by atoms with van der Waals surface area (Å²) < 4.78 is -0.0202. The molecular formula is C15H24N2O2. The van der Waals surface area contributed by atoms with Gasteiger partial charge in [-0.3, -0.25) is 0 Å². The van der Waals surface area contributed by atoms with Crippen molar-refractivity contribution in [2.45, 2.75) is 32.7 Å². The summed E-state index contributed by atoms with van der Waals surface area (Å²) in [5, 5.41) is 22.6. The number of benzene rings is 1. The molecule has 2 rings (SSSR count). The van der Waals surface area contributed by atoms with E-state index in [1.165, 1.54) is 5.56 Å². The van der Waals surface area contributed by atoms with Crippen molar-refractivity contribution in [3.63, 3.8) is 0 Å². The maximum Gasteiger partial charge on any atom is 0.134 e. The molecule has 1 aromatic rings. The normalized spacial score (nSPS) is 20.5. The highest BCUT2D eigenvalue weighted by molar-refractivity contribution is 5.27. The van der Waals surface area contributed by atoms with Crippen molar-refractivity contribution in [3.05, 3.63) is 40.6 Å². The molecule has 0 atom stereocenters. The quantitative estimate of drug-likeness (QED) is 0.835. The summed E-state index contributed by atoms with van der Waals surface area (Å²) in [6.45, 7) is 8.99. The third kappa shape index (κ3) is 3.76. The van der Waals surface area contributed by atoms with E-state index in [0.29, 0.717) is 32.7 Å². The van der Waals surface area contributed by atoms with E-state index in [1.807, 2.05) is 0 Å². The first-order valence-electron chi connectivity index (χ1n) is 6.89. The van der Waals surface area contributed by atoms with Crippen LogP contribution in [0.4, 0.5) is 0 Å². The molecular weight excluding hydrogens is 240 g/mol. The van der Waals surface area contributed by atoms with E-state index in [-0.39, 0.29) is 10.1 Å². The van der Waals surface area contributed by atoms with Gasteiger partial charge >= 0.3 is 0 Å². The molecule has 0 spiro atoms. The predicted molar refractivity (Wildman–Crippen MR) is 75.6 cm³/mol. The molecule has 106 valence electrons. The third-order valence-corrected chi connectivity index (χ3v) is 3.83. The summed E-state index contributed by atoms with van der Waals surface area (Å²) in [6, 6.07) is 8.43. The maximum absolute atomic E-state index is 11.2. The standard InChI is InChI=1S/C15H24N2O2/c1-15(2,3)14-6-4-13(5-7-14)12-17(19)10-8-16(18)9-11-17/h4-7,19H,8-12H2,1-3H3. The number of hydroxylamine groups is 5. The van der Waals surface area contributed by atoms with Gasteiger partial charge in [0.2, 0.25) is 0 Å². The Morgan fingerprint density at radius 3 is 2.16 bits per heavy atom. The molecule has 1 aliphatic heterocycles. The smallest absolute Gasteiger partial charge is 0.134 e. The minimum Gasteiger partial charge on any atom is -0.785 e. The van der Waals surface area contributed by atoms with Gasteiger partial charge in [0, 0.05) is 18.7 Å². The lowest BCUT2D eigenvalue weighted by Gasteiger charge is -2.41. The van der Waals surface area contributed by atoms with Crippen molar-refractivity contribution in [3.8, 4) is 0 Å². The summed E-state index contributed by atoms with van der Waals surface area (Å²) in [5.41, 5.74) is 2.57. The Morgan fingerprint density at radius 2 is 1.68 bits per heavy atom. The molecule has 0 bridgehead atoms. The Bertz CT molecular complexity index is 415. The molecule has 19 heavy (non-hydrogen) atoms. The van der Waals surface area contributed by atoms with Gasteiger partial charge in [-0.2, -0.15) is 4.65 Å². The number of nitrogens with zero attached hydrogens (tertiary/aromatic N) is 2. The molecule has 1 N–H and O–H groups in total. The first kappa shape index (κ1) is 14.5. The zero-order chi connectivity index (χ0) is 14.1. The molecule has 4 nitrogen and oxygen atoms in total. The predicted octanol–water partition coefficient (Wildman–Crippen LogP) is 2.50. The molecule has 0 saturated carbocycles. The van der Waals surface area contributed by atoms with Crippen molar-refractivity contribution in [1.29, 1.82) is 0 Å². The van der Waals surface area contributed by atoms with Crippen LogP contribution in [-0.4, -0.2) is 41.1 Å². The molecule has 1 saturated heterocycles. The summed E-state index contributed by atoms with van der Waals surface area (Å²) >= 11 is 0. The number of piperazine rings is 1. The molecule has 0 amide bonds. The number of rotatable bonds is 2. The lowest BCUT2D eigenvalue weighted by molar-refractivity contribution is -1.11. The zero-order valence-corrected chi connectivity index (χ0v) is 12.1. The molecule has 1 fully saturated rings. The van der Waals surface area contributed by atoms with Gasteiger partial charge in [0.05, 0.1) is 0 Å². The van der Waals surface area contributed by atoms with Gasteiger partial charge in [0.15, 0.2) is 0 Å². The van der Waals surface area contributed by atoms with Gasteiger partial charge in [-0.25, -0.2) is 5.21 Å². The molecule has 0 radical (unpaired) electrons. The summed E-state index contributed by atoms with van der Waals surface area (Å²) in [6.07, 6.45) is 0. The lowest BCUT2D eigenvalue weighted by atomic mass is 9.87. The SMILES string of the molecule is CC(C)(C)c1ccc(C[N+]2(O)CCN([O-])CC2)cc1. The third-order valence-electron chi connectivity index (χ3n) is 3.83. The van der Waals surface area contributed by atoms with E-state index in [4.69, 9.17) is 0 Å². The Kier molecular flexibility index (Phi) is 3.97. The number of hydrogen-bond donors (Lipinski definition) is 1. The minimum atomic E-state index is -0.0202. The lowest BCUT2D eigenvalue weighted by Crippen LogP contribution is -2.55. The average molecular weight is 264 g/mol. The molecule has 1 aromatic carbocycles. The molecule has 0 aliphatic carbocycles. The fraction of sp³-hybridized carbons (Fsp3) is 0.600. The van der Waals surface area contributed by atoms with Gasteiger partial charge in [-0.1, -0.05) is 45.0 Å². The van der Waals surface area contributed by atoms with Gasteiger partial charge in [-0.05, 0) is 11.0 Å². The van der Waals surface area contributed by atoms with Crippen LogP contribution in [0.2, 0.25) is 0 Å². The summed E-state index contributed by atoms with van der Waals surface area (Å²) in [4.78, 5) is 0. The van der Waals surface area contributed by atoms with Crippen LogP contribution < -0.4 is 0 Å². The molecule has 0 aromatic heterocycles. The Balaban J connectivity index is 2.03. The van der Waals surface area contributed by atoms with Crippen molar-refractivity contribution >= 4 is 0 Å². The van der Waals surface area contributed by atoms with Crippen molar-refractivity contribution in [2.75, 3.05) is 26.2 Å². The zero-order valence-electron chi connectivity index (χ0n) is 12.1. The van der Waals surface area contributed by atoms with Crippen LogP contribution >= 0.6 is 0 Å². The molecule has 1 aliphatic rings. The van der Waals surface area contributed by atoms with Crippen LogP contribution in [0, 0.1) is 5.21 Å². The first-order chi connectivity index (χ1) is 8.78. The van der Waals surface area contributed by atoms with Crippen LogP contribution in [-0.2, 0) is 12.0 Å². The Labute approximate surface area is 115 Å². The highest BCUT2D eigenvalue weighted by atomic mass is 16.6. The fourth-order valence-electron chi connectivity index (χ4n) is 2.43. The minimum absolute atomic E-state index is 0.0202. The Hall–Kier alpha value is -0.940. The average Bonchev–Trinajstić information content (AvgIpc) is 2.33. The highest BCUT2D eigenvalue weighted by Gasteiger charge is 2.29. The summed E-state index contributed by atoms with van der Waals surface area (Å²) in [5.74, 6) is 0. The van der Waals surface area contributed by atoms with E-state index >= 15 is 0 Å². The highest BCUT2D eigenvalue weighted by Crippen LogP contribution is 2.23. The maximum atomic E-state index is 11.2. The van der Waals surface area contributed by atoms with E-state index in [0.717, 1.165) is 10.6 Å². The van der Waals surface area contributed by atoms with Crippen molar-refractivity contribution in [2.24, 2.45) is 0 Å². The van der Waals surface area contributed by atoms with Crippen LogP contribution in [0.3, 0.4) is 0 Å². The van der Waals surface area contributed by atoms with E-state index < -0.39 is 0 Å². The first-order valence-corrected chi connectivity index (χ1v) is 6.89. The summed E-state index contributed by atoms with van der Waals surface area (Å²) in [7, 11) is 0. The van der Waals surface area contributed by atoms with Gasteiger partial charge in [0.1, 0.15) is 19.6 Å². The molecule has 0 unspecified atom stereocenters. The monoisotopic (exact) mass is 264 g/mol. The van der Waals surface area contributed by atoms with Gasteiger partial charge in [0.25, 0.3) is 0 Å². The largest absolute Gasteiger partial charge is 0.785 e. The fourth-order valence-corrected chi connectivity index (χ4v) is 2.43. The number of quaternary nitrogens is 1. The van der Waals surface area contributed by atoms with Crippen LogP contribution in [0.5, 0.6) is 0 Å². The van der Waals surface area contributed by atoms with Gasteiger partial charge in [-0.15, -0.1) is 0 Å². The van der Waals surface area contributed by atoms with Crippen LogP contribution in [0.25, 0.3) is 0 Å². The van der Waals surface area contributed by atoms with Crippen molar-refractivity contribution < 1.29 is 9.85 Å². The van der Waals surface area contributed by atoms with E-state index in [1.54, 1.807) is 0 Å². The van der Waals surface area contributed by atoms with Crippen LogP contribution in [0.1, 0.15) is 31.9 Å².